The van der Waals surface area contributed by atoms with Crippen molar-refractivity contribution in [2.45, 2.75) is 19.4 Å². The number of halogens is 2. The third-order valence-corrected chi connectivity index (χ3v) is 2.44. The molecule has 0 amide bonds. The van der Waals surface area contributed by atoms with E-state index in [0.717, 1.165) is 0 Å². The topological polar surface area (TPSA) is 30.5 Å². The van der Waals surface area contributed by atoms with E-state index >= 15 is 0 Å². The van der Waals surface area contributed by atoms with Crippen LogP contribution in [0.2, 0.25) is 0 Å². The summed E-state index contributed by atoms with van der Waals surface area (Å²) in [5.74, 6) is 0.801. The van der Waals surface area contributed by atoms with Gasteiger partial charge in [0.05, 0.1) is 20.3 Å². The molecule has 0 aliphatic rings. The van der Waals surface area contributed by atoms with Crippen LogP contribution in [-0.2, 0) is 0 Å². The molecule has 0 spiro atoms. The van der Waals surface area contributed by atoms with Crippen molar-refractivity contribution in [1.82, 2.24) is 5.32 Å². The summed E-state index contributed by atoms with van der Waals surface area (Å²) in [7, 11) is 2.92. The smallest absolute Gasteiger partial charge is 0.257 e. The summed E-state index contributed by atoms with van der Waals surface area (Å²) in [4.78, 5) is 0. The van der Waals surface area contributed by atoms with Crippen LogP contribution >= 0.6 is 0 Å². The third kappa shape index (κ3) is 3.06. The molecule has 3 nitrogen and oxygen atoms in total. The van der Waals surface area contributed by atoms with Crippen molar-refractivity contribution in [2.24, 2.45) is 0 Å². The average molecular weight is 245 g/mol. The van der Waals surface area contributed by atoms with Gasteiger partial charge in [0.2, 0.25) is 0 Å². The molecule has 0 aromatic heterocycles. The SMILES string of the molecule is CCNC(c1cccc(OC)c1OC)C(F)F. The van der Waals surface area contributed by atoms with E-state index in [-0.39, 0.29) is 0 Å². The lowest BCUT2D eigenvalue weighted by atomic mass is 10.1. The van der Waals surface area contributed by atoms with E-state index in [9.17, 15) is 8.78 Å². The molecule has 1 aromatic carbocycles. The zero-order chi connectivity index (χ0) is 12.8. The Balaban J connectivity index is 3.17. The van der Waals surface area contributed by atoms with Gasteiger partial charge in [0.25, 0.3) is 6.43 Å². The van der Waals surface area contributed by atoms with Crippen LogP contribution in [0, 0.1) is 0 Å². The van der Waals surface area contributed by atoms with Gasteiger partial charge in [-0.3, -0.25) is 0 Å². The molecule has 0 fully saturated rings. The summed E-state index contributed by atoms with van der Waals surface area (Å²) in [6, 6.07) is 3.91. The van der Waals surface area contributed by atoms with Crippen molar-refractivity contribution in [1.29, 1.82) is 0 Å². The minimum Gasteiger partial charge on any atom is -0.493 e. The maximum Gasteiger partial charge on any atom is 0.257 e. The standard InChI is InChI=1S/C12H17F2NO2/c1-4-15-10(12(13)14)8-6-5-7-9(16-2)11(8)17-3/h5-7,10,12,15H,4H2,1-3H3. The van der Waals surface area contributed by atoms with Gasteiger partial charge >= 0.3 is 0 Å². The highest BCUT2D eigenvalue weighted by Gasteiger charge is 2.26. The molecule has 1 unspecified atom stereocenters. The van der Waals surface area contributed by atoms with Crippen LogP contribution in [0.4, 0.5) is 8.78 Å². The van der Waals surface area contributed by atoms with Crippen LogP contribution in [-0.4, -0.2) is 27.2 Å². The van der Waals surface area contributed by atoms with E-state index in [2.05, 4.69) is 5.32 Å². The van der Waals surface area contributed by atoms with Crippen LogP contribution in [0.25, 0.3) is 0 Å². The quantitative estimate of drug-likeness (QED) is 0.835. The normalized spacial score (nSPS) is 12.6. The van der Waals surface area contributed by atoms with Crippen LogP contribution in [0.1, 0.15) is 18.5 Å². The third-order valence-electron chi connectivity index (χ3n) is 2.44. The molecule has 1 rings (SSSR count). The van der Waals surface area contributed by atoms with Gasteiger partial charge < -0.3 is 14.8 Å². The second-order valence-electron chi connectivity index (χ2n) is 3.45. The second kappa shape index (κ2) is 6.39. The molecule has 96 valence electrons. The zero-order valence-electron chi connectivity index (χ0n) is 10.2. The second-order valence-corrected chi connectivity index (χ2v) is 3.45. The first-order chi connectivity index (χ1) is 8.15. The Kier molecular flexibility index (Phi) is 5.15. The first kappa shape index (κ1) is 13.7. The first-order valence-corrected chi connectivity index (χ1v) is 5.38. The molecule has 5 heteroatoms. The van der Waals surface area contributed by atoms with Gasteiger partial charge in [0, 0.05) is 5.56 Å². The van der Waals surface area contributed by atoms with Gasteiger partial charge in [-0.05, 0) is 12.6 Å². The van der Waals surface area contributed by atoms with Gasteiger partial charge in [-0.1, -0.05) is 19.1 Å². The number of alkyl halides is 2. The highest BCUT2D eigenvalue weighted by molar-refractivity contribution is 5.48. The molecule has 0 bridgehead atoms. The maximum absolute atomic E-state index is 13.0. The van der Waals surface area contributed by atoms with Crippen molar-refractivity contribution in [3.8, 4) is 11.5 Å². The highest BCUT2D eigenvalue weighted by Crippen LogP contribution is 2.36. The lowest BCUT2D eigenvalue weighted by Gasteiger charge is -2.21. The Labute approximate surface area is 99.7 Å². The fourth-order valence-corrected chi connectivity index (χ4v) is 1.71. The Bertz CT molecular complexity index is 358. The monoisotopic (exact) mass is 245 g/mol. The summed E-state index contributed by atoms with van der Waals surface area (Å²) >= 11 is 0. The zero-order valence-corrected chi connectivity index (χ0v) is 10.2. The number of rotatable bonds is 6. The number of hydrogen-bond acceptors (Lipinski definition) is 3. The van der Waals surface area contributed by atoms with Gasteiger partial charge in [-0.2, -0.15) is 0 Å². The molecule has 0 aliphatic heterocycles. The van der Waals surface area contributed by atoms with E-state index in [1.807, 2.05) is 0 Å². The van der Waals surface area contributed by atoms with Crippen LogP contribution < -0.4 is 14.8 Å². The van der Waals surface area contributed by atoms with Crippen molar-refractivity contribution < 1.29 is 18.3 Å². The van der Waals surface area contributed by atoms with Crippen LogP contribution in [0.3, 0.4) is 0 Å². The maximum atomic E-state index is 13.0. The molecule has 0 saturated carbocycles. The lowest BCUT2D eigenvalue weighted by Crippen LogP contribution is -2.27. The molecule has 1 N–H and O–H groups in total. The van der Waals surface area contributed by atoms with Crippen molar-refractivity contribution >= 4 is 0 Å². The average Bonchev–Trinajstić information content (AvgIpc) is 2.34. The van der Waals surface area contributed by atoms with E-state index in [4.69, 9.17) is 9.47 Å². The number of benzene rings is 1. The van der Waals surface area contributed by atoms with Crippen LogP contribution in [0.5, 0.6) is 11.5 Å². The molecular weight excluding hydrogens is 228 g/mol. The summed E-state index contributed by atoms with van der Waals surface area (Å²) in [5, 5.41) is 2.74. The molecule has 1 aromatic rings. The Morgan fingerprint density at radius 2 is 1.94 bits per heavy atom. The fourth-order valence-electron chi connectivity index (χ4n) is 1.71. The van der Waals surface area contributed by atoms with Crippen molar-refractivity contribution in [3.05, 3.63) is 23.8 Å². The van der Waals surface area contributed by atoms with Gasteiger partial charge in [0.1, 0.15) is 0 Å². The summed E-state index contributed by atoms with van der Waals surface area (Å²) in [6.45, 7) is 2.23. The summed E-state index contributed by atoms with van der Waals surface area (Å²) in [5.41, 5.74) is 0.406. The number of methoxy groups -OCH3 is 2. The van der Waals surface area contributed by atoms with Gasteiger partial charge in [0.15, 0.2) is 11.5 Å². The number of hydrogen-bond donors (Lipinski definition) is 1. The highest BCUT2D eigenvalue weighted by atomic mass is 19.3. The number of ether oxygens (including phenoxy) is 2. The minimum atomic E-state index is -2.50. The molecule has 0 aliphatic carbocycles. The largest absolute Gasteiger partial charge is 0.493 e. The van der Waals surface area contributed by atoms with Gasteiger partial charge in [-0.25, -0.2) is 8.78 Å². The van der Waals surface area contributed by atoms with Crippen molar-refractivity contribution in [2.75, 3.05) is 20.8 Å². The predicted molar refractivity (Wildman–Crippen MR) is 62.0 cm³/mol. The van der Waals surface area contributed by atoms with E-state index in [1.54, 1.807) is 25.1 Å². The van der Waals surface area contributed by atoms with Gasteiger partial charge in [-0.15, -0.1) is 0 Å². The van der Waals surface area contributed by atoms with Crippen LogP contribution in [0.15, 0.2) is 18.2 Å². The Morgan fingerprint density at radius 3 is 2.41 bits per heavy atom. The number of para-hydroxylation sites is 1. The minimum absolute atomic E-state index is 0.348. The Morgan fingerprint density at radius 1 is 1.24 bits per heavy atom. The Hall–Kier alpha value is -1.36. The first-order valence-electron chi connectivity index (χ1n) is 5.38. The molecule has 0 heterocycles. The van der Waals surface area contributed by atoms with Crippen molar-refractivity contribution in [3.63, 3.8) is 0 Å². The van der Waals surface area contributed by atoms with E-state index in [1.165, 1.54) is 14.2 Å². The summed E-state index contributed by atoms with van der Waals surface area (Å²) in [6.07, 6.45) is -2.50. The van der Waals surface area contributed by atoms with E-state index < -0.39 is 12.5 Å². The fraction of sp³-hybridized carbons (Fsp3) is 0.500. The predicted octanol–water partition coefficient (Wildman–Crippen LogP) is 2.62. The van der Waals surface area contributed by atoms with E-state index in [0.29, 0.717) is 23.6 Å². The molecular formula is C12H17F2NO2. The number of nitrogens with one attached hydrogen (secondary N) is 1. The molecule has 0 saturated heterocycles. The molecule has 1 atom stereocenters. The molecule has 17 heavy (non-hydrogen) atoms. The lowest BCUT2D eigenvalue weighted by molar-refractivity contribution is 0.0977. The molecule has 0 radical (unpaired) electrons. The summed E-state index contributed by atoms with van der Waals surface area (Å²) < 4.78 is 36.2.